The Morgan fingerprint density at radius 2 is 2.00 bits per heavy atom. The normalized spacial score (nSPS) is 14.3. The first-order valence-corrected chi connectivity index (χ1v) is 8.33. The molecule has 0 fully saturated rings. The van der Waals surface area contributed by atoms with E-state index in [1.165, 1.54) is 28.1 Å². The summed E-state index contributed by atoms with van der Waals surface area (Å²) < 4.78 is 13.3. The topological polar surface area (TPSA) is 60.7 Å². The lowest BCUT2D eigenvalue weighted by atomic mass is 10.0. The van der Waals surface area contributed by atoms with Crippen LogP contribution < -0.4 is 0 Å². The van der Waals surface area contributed by atoms with E-state index in [4.69, 9.17) is 0 Å². The van der Waals surface area contributed by atoms with E-state index < -0.39 is 6.04 Å². The monoisotopic (exact) mass is 336 g/mol. The van der Waals surface area contributed by atoms with Gasteiger partial charge in [0, 0.05) is 11.1 Å². The molecule has 0 N–H and O–H groups in total. The Kier molecular flexibility index (Phi) is 3.87. The number of hydrogen-bond donors (Lipinski definition) is 0. The van der Waals surface area contributed by atoms with Crippen LogP contribution in [-0.4, -0.2) is 26.0 Å². The van der Waals surface area contributed by atoms with E-state index in [2.05, 4.69) is 15.4 Å². The van der Waals surface area contributed by atoms with Crippen LogP contribution in [0.5, 0.6) is 0 Å². The van der Waals surface area contributed by atoms with Gasteiger partial charge in [-0.15, -0.1) is 10.2 Å². The highest BCUT2D eigenvalue weighted by atomic mass is 19.1. The molecule has 1 aromatic heterocycles. The summed E-state index contributed by atoms with van der Waals surface area (Å²) in [5.41, 5.74) is 3.78. The minimum atomic E-state index is -0.575. The summed E-state index contributed by atoms with van der Waals surface area (Å²) in [5.74, 6) is -0.123. The second kappa shape index (κ2) is 6.20. The van der Waals surface area contributed by atoms with E-state index in [9.17, 15) is 9.18 Å². The van der Waals surface area contributed by atoms with E-state index in [-0.39, 0.29) is 11.6 Å². The van der Waals surface area contributed by atoms with Crippen LogP contribution in [0.2, 0.25) is 0 Å². The first kappa shape index (κ1) is 15.6. The third kappa shape index (κ3) is 2.95. The molecule has 1 aliphatic rings. The van der Waals surface area contributed by atoms with Crippen molar-refractivity contribution >= 4 is 5.78 Å². The van der Waals surface area contributed by atoms with Gasteiger partial charge in [-0.05, 0) is 60.7 Å². The van der Waals surface area contributed by atoms with Crippen LogP contribution in [0.1, 0.15) is 40.9 Å². The van der Waals surface area contributed by atoms with Crippen LogP contribution in [0, 0.1) is 5.82 Å². The highest BCUT2D eigenvalue weighted by Crippen LogP contribution is 2.24. The zero-order chi connectivity index (χ0) is 17.4. The summed E-state index contributed by atoms with van der Waals surface area (Å²) in [5, 5.41) is 12.2. The number of hydrogen-bond acceptors (Lipinski definition) is 4. The Bertz CT molecular complexity index is 950. The number of tetrazole rings is 1. The van der Waals surface area contributed by atoms with Crippen LogP contribution in [0.25, 0.3) is 11.4 Å². The smallest absolute Gasteiger partial charge is 0.205 e. The number of nitrogens with zero attached hydrogens (tertiary/aromatic N) is 4. The molecule has 0 bridgehead atoms. The molecule has 0 amide bonds. The average molecular weight is 336 g/mol. The van der Waals surface area contributed by atoms with Crippen LogP contribution in [0.4, 0.5) is 4.39 Å². The van der Waals surface area contributed by atoms with Gasteiger partial charge in [0.25, 0.3) is 0 Å². The molecule has 6 heteroatoms. The second-order valence-electron chi connectivity index (χ2n) is 6.32. The molecule has 0 saturated carbocycles. The number of ketones is 1. The quantitative estimate of drug-likeness (QED) is 0.685. The number of halogens is 1. The Labute approximate surface area is 144 Å². The molecular weight excluding hydrogens is 319 g/mol. The van der Waals surface area contributed by atoms with Gasteiger partial charge in [0.1, 0.15) is 11.9 Å². The predicted molar refractivity (Wildman–Crippen MR) is 90.7 cm³/mol. The zero-order valence-corrected chi connectivity index (χ0v) is 13.8. The molecule has 1 atom stereocenters. The molecule has 25 heavy (non-hydrogen) atoms. The number of carbonyl (C=O) groups is 1. The number of Topliss-reactive ketones (excluding diaryl/α,β-unsaturated/α-hetero) is 1. The van der Waals surface area contributed by atoms with Crippen LogP contribution in [0.15, 0.2) is 42.5 Å². The zero-order valence-electron chi connectivity index (χ0n) is 13.8. The van der Waals surface area contributed by atoms with Crippen molar-refractivity contribution < 1.29 is 9.18 Å². The standard InChI is InChI=1S/C19H17FN4O/c1-12(18(25)15-9-8-13-4-2-5-14(13)10-15)24-22-19(21-23-24)16-6-3-7-17(20)11-16/h3,6-12H,2,4-5H2,1H3/t12-/m0/s1. The van der Waals surface area contributed by atoms with Crippen molar-refractivity contribution in [3.05, 3.63) is 65.0 Å². The van der Waals surface area contributed by atoms with Crippen molar-refractivity contribution in [2.45, 2.75) is 32.2 Å². The lowest BCUT2D eigenvalue weighted by Gasteiger charge is -2.10. The maximum atomic E-state index is 13.3. The highest BCUT2D eigenvalue weighted by Gasteiger charge is 2.22. The van der Waals surface area contributed by atoms with E-state index in [0.717, 1.165) is 19.3 Å². The van der Waals surface area contributed by atoms with Gasteiger partial charge in [0.2, 0.25) is 5.82 Å². The number of aromatic nitrogens is 4. The molecule has 1 heterocycles. The summed E-state index contributed by atoms with van der Waals surface area (Å²) in [6.07, 6.45) is 3.25. The van der Waals surface area contributed by atoms with Crippen molar-refractivity contribution in [1.82, 2.24) is 20.2 Å². The number of benzene rings is 2. The molecule has 0 radical (unpaired) electrons. The van der Waals surface area contributed by atoms with E-state index in [0.29, 0.717) is 17.0 Å². The summed E-state index contributed by atoms with van der Waals surface area (Å²) >= 11 is 0. The van der Waals surface area contributed by atoms with E-state index in [1.807, 2.05) is 18.2 Å². The number of fused-ring (bicyclic) bond motifs is 1. The molecule has 5 nitrogen and oxygen atoms in total. The fraction of sp³-hybridized carbons (Fsp3) is 0.263. The van der Waals surface area contributed by atoms with Crippen molar-refractivity contribution in [3.8, 4) is 11.4 Å². The lowest BCUT2D eigenvalue weighted by Crippen LogP contribution is -2.19. The van der Waals surface area contributed by atoms with E-state index in [1.54, 1.807) is 19.1 Å². The summed E-state index contributed by atoms with van der Waals surface area (Å²) in [6.45, 7) is 1.74. The summed E-state index contributed by atoms with van der Waals surface area (Å²) in [6, 6.07) is 11.3. The van der Waals surface area contributed by atoms with Gasteiger partial charge in [0.15, 0.2) is 5.78 Å². The fourth-order valence-corrected chi connectivity index (χ4v) is 3.20. The molecule has 126 valence electrons. The minimum absolute atomic E-state index is 0.0575. The van der Waals surface area contributed by atoms with Gasteiger partial charge in [-0.25, -0.2) is 4.39 Å². The van der Waals surface area contributed by atoms with Crippen LogP contribution in [-0.2, 0) is 12.8 Å². The Morgan fingerprint density at radius 1 is 1.16 bits per heavy atom. The number of rotatable bonds is 4. The minimum Gasteiger partial charge on any atom is -0.292 e. The largest absolute Gasteiger partial charge is 0.292 e. The second-order valence-corrected chi connectivity index (χ2v) is 6.32. The Hall–Kier alpha value is -2.89. The average Bonchev–Trinajstić information content (AvgIpc) is 3.29. The Morgan fingerprint density at radius 3 is 2.84 bits per heavy atom. The first-order chi connectivity index (χ1) is 12.1. The van der Waals surface area contributed by atoms with Gasteiger partial charge >= 0.3 is 0 Å². The molecule has 0 unspecified atom stereocenters. The molecule has 3 aromatic rings. The van der Waals surface area contributed by atoms with Gasteiger partial charge < -0.3 is 0 Å². The molecule has 0 spiro atoms. The molecule has 2 aromatic carbocycles. The molecule has 0 saturated heterocycles. The maximum Gasteiger partial charge on any atom is 0.205 e. The number of carbonyl (C=O) groups excluding carboxylic acids is 1. The summed E-state index contributed by atoms with van der Waals surface area (Å²) in [7, 11) is 0. The van der Waals surface area contributed by atoms with Crippen molar-refractivity contribution in [1.29, 1.82) is 0 Å². The predicted octanol–water partition coefficient (Wildman–Crippen LogP) is 3.41. The van der Waals surface area contributed by atoms with Gasteiger partial charge in [0.05, 0.1) is 0 Å². The van der Waals surface area contributed by atoms with E-state index >= 15 is 0 Å². The first-order valence-electron chi connectivity index (χ1n) is 8.33. The number of aryl methyl sites for hydroxylation is 2. The lowest BCUT2D eigenvalue weighted by molar-refractivity contribution is 0.0918. The van der Waals surface area contributed by atoms with Crippen LogP contribution in [0.3, 0.4) is 0 Å². The SMILES string of the molecule is C[C@@H](C(=O)c1ccc2c(c1)CCC2)n1nnc(-c2cccc(F)c2)n1. The fourth-order valence-electron chi connectivity index (χ4n) is 3.20. The molecular formula is C19H17FN4O. The molecule has 0 aliphatic heterocycles. The third-order valence-electron chi connectivity index (χ3n) is 4.62. The van der Waals surface area contributed by atoms with Gasteiger partial charge in [-0.2, -0.15) is 4.80 Å². The summed E-state index contributed by atoms with van der Waals surface area (Å²) in [4.78, 5) is 14.0. The molecule has 1 aliphatic carbocycles. The molecule has 4 rings (SSSR count). The Balaban J connectivity index is 1.58. The third-order valence-corrected chi connectivity index (χ3v) is 4.62. The van der Waals surface area contributed by atoms with Crippen molar-refractivity contribution in [2.75, 3.05) is 0 Å². The van der Waals surface area contributed by atoms with Gasteiger partial charge in [-0.1, -0.05) is 24.3 Å². The van der Waals surface area contributed by atoms with Crippen LogP contribution >= 0.6 is 0 Å². The van der Waals surface area contributed by atoms with Crippen molar-refractivity contribution in [2.24, 2.45) is 0 Å². The van der Waals surface area contributed by atoms with Gasteiger partial charge in [-0.3, -0.25) is 4.79 Å². The highest BCUT2D eigenvalue weighted by molar-refractivity contribution is 5.98. The maximum absolute atomic E-state index is 13.3. The van der Waals surface area contributed by atoms with Crippen molar-refractivity contribution in [3.63, 3.8) is 0 Å².